The molecule has 52 heavy (non-hydrogen) atoms. The molecule has 0 saturated heterocycles. The largest absolute Gasteiger partial charge is 0.393 e. The Morgan fingerprint density at radius 2 is 1.48 bits per heavy atom. The van der Waals surface area contributed by atoms with Gasteiger partial charge in [-0.2, -0.15) is 4.31 Å². The van der Waals surface area contributed by atoms with E-state index in [1.807, 2.05) is 41.8 Å². The van der Waals surface area contributed by atoms with E-state index in [0.29, 0.717) is 46.9 Å². The van der Waals surface area contributed by atoms with Gasteiger partial charge in [0.25, 0.3) is 10.0 Å². The Morgan fingerprint density at radius 1 is 0.827 bits per heavy atom. The summed E-state index contributed by atoms with van der Waals surface area (Å²) in [5, 5.41) is 26.2. The van der Waals surface area contributed by atoms with Gasteiger partial charge in [0.1, 0.15) is 4.21 Å². The third kappa shape index (κ3) is 4.51. The Morgan fingerprint density at radius 3 is 2.15 bits per heavy atom. The number of nitrogens with zero attached hydrogens (tertiary/aromatic N) is 1. The number of rotatable bonds is 8. The second kappa shape index (κ2) is 11.2. The maximum Gasteiger partial charge on any atom is 0.252 e. The van der Waals surface area contributed by atoms with Crippen LogP contribution in [0.3, 0.4) is 0 Å². The zero-order valence-electron chi connectivity index (χ0n) is 30.8. The molecule has 0 radical (unpaired) electrons. The lowest BCUT2D eigenvalue weighted by Crippen LogP contribution is -2.67. The zero-order chi connectivity index (χ0) is 35.9. The molecule has 1 aromatic carbocycles. The molecule has 1 heterocycles. The van der Waals surface area contributed by atoms with Crippen molar-refractivity contribution in [1.29, 1.82) is 0 Å². The van der Waals surface area contributed by atoms with Crippen molar-refractivity contribution < 1.29 is 23.4 Å². The lowest BCUT2D eigenvalue weighted by atomic mass is 9.32. The van der Waals surface area contributed by atoms with Crippen LogP contribution >= 0.6 is 11.3 Å². The van der Waals surface area contributed by atoms with Gasteiger partial charge in [-0.15, -0.1) is 11.3 Å². The fraction of sp³-hybridized carbons (Fsp3) is 0.659. The van der Waals surface area contributed by atoms with E-state index in [9.17, 15) is 23.4 Å². The quantitative estimate of drug-likeness (QED) is 0.209. The first-order valence-corrected chi connectivity index (χ1v) is 22.5. The second-order valence-electron chi connectivity index (χ2n) is 19.6. The van der Waals surface area contributed by atoms with E-state index in [2.05, 4.69) is 32.1 Å². The van der Waals surface area contributed by atoms with Gasteiger partial charge >= 0.3 is 0 Å². The number of thiophene rings is 1. The molecule has 7 saturated carbocycles. The molecule has 7 fully saturated rings. The summed E-state index contributed by atoms with van der Waals surface area (Å²) in [5.41, 5.74) is -1.40. The highest BCUT2D eigenvalue weighted by molar-refractivity contribution is 7.91. The number of fused-ring (bicyclic) bond motifs is 1. The van der Waals surface area contributed by atoms with Gasteiger partial charge in [0.05, 0.1) is 11.7 Å². The molecule has 2 spiro atoms. The predicted molar refractivity (Wildman–Crippen MR) is 203 cm³/mol. The summed E-state index contributed by atoms with van der Waals surface area (Å²) < 4.78 is 31.6. The molecule has 10 aliphatic rings. The van der Waals surface area contributed by atoms with Crippen LogP contribution in [0, 0.1) is 56.7 Å². The van der Waals surface area contributed by atoms with Gasteiger partial charge in [-0.3, -0.25) is 4.79 Å². The molecule has 6 nitrogen and oxygen atoms in total. The van der Waals surface area contributed by atoms with Crippen molar-refractivity contribution >= 4 is 27.1 Å². The van der Waals surface area contributed by atoms with Gasteiger partial charge < -0.3 is 10.2 Å². The monoisotopic (exact) mass is 741 g/mol. The number of hydrogen-bond donors (Lipinski definition) is 2. The Kier molecular flexibility index (Phi) is 7.44. The predicted octanol–water partition coefficient (Wildman–Crippen LogP) is 8.43. The minimum absolute atomic E-state index is 0.0122. The molecule has 8 heteroatoms. The van der Waals surface area contributed by atoms with Crippen LogP contribution in [0.25, 0.3) is 0 Å². The highest BCUT2D eigenvalue weighted by Crippen LogP contribution is 2.78. The van der Waals surface area contributed by atoms with Crippen LogP contribution in [-0.2, 0) is 10.0 Å². The molecule has 10 aliphatic carbocycles. The summed E-state index contributed by atoms with van der Waals surface area (Å²) in [7, 11) is -3.83. The van der Waals surface area contributed by atoms with Gasteiger partial charge in [-0.05, 0) is 135 Å². The van der Waals surface area contributed by atoms with Crippen LogP contribution in [-0.4, -0.2) is 53.5 Å². The topological polar surface area (TPSA) is 94.9 Å². The molecule has 2 N–H and O–H groups in total. The molecule has 6 bridgehead atoms. The third-order valence-corrected chi connectivity index (χ3v) is 20.4. The Bertz CT molecular complexity index is 1920. The number of ketones is 1. The number of hydrogen-bond acceptors (Lipinski definition) is 6. The van der Waals surface area contributed by atoms with E-state index < -0.39 is 32.6 Å². The van der Waals surface area contributed by atoms with E-state index in [4.69, 9.17) is 0 Å². The van der Waals surface area contributed by atoms with Crippen LogP contribution in [0.5, 0.6) is 0 Å². The first-order valence-electron chi connectivity index (χ1n) is 20.2. The normalized spacial score (nSPS) is 46.9. The van der Waals surface area contributed by atoms with E-state index in [0.717, 1.165) is 56.9 Å². The fourth-order valence-electron chi connectivity index (χ4n) is 15.3. The maximum atomic E-state index is 14.8. The zero-order valence-corrected chi connectivity index (χ0v) is 32.4. The van der Waals surface area contributed by atoms with E-state index in [-0.39, 0.29) is 40.4 Å². The molecule has 278 valence electrons. The number of aliphatic hydroxyl groups excluding tert-OH is 1. The Balaban J connectivity index is 1.06. The van der Waals surface area contributed by atoms with Crippen LogP contribution in [0.1, 0.15) is 108 Å². The summed E-state index contributed by atoms with van der Waals surface area (Å²) in [4.78, 5) is 14.8. The standard InChI is InChI=1S/C44H55NO5S2/c1-39-13-10-33(46)25-42(39)16-17-44(34(26-42)38(47)32-7-4-3-5-8-32)35(39)11-14-40(2)36(44)12-15-43(40,48)28-45(52(49,50)37-9-6-18-51-37)27-41-22-29-19-30(23-41)21-31(20-29)24-41/h3-9,16-18,26,29-31,33,35-36,46,48H,10-15,19-25,27-28H2,1-2H3. The van der Waals surface area contributed by atoms with Gasteiger partial charge in [0, 0.05) is 40.5 Å². The first kappa shape index (κ1) is 34.4. The van der Waals surface area contributed by atoms with Gasteiger partial charge in [0.15, 0.2) is 5.78 Å². The van der Waals surface area contributed by atoms with Crippen molar-refractivity contribution in [3.63, 3.8) is 0 Å². The number of aliphatic hydroxyl groups is 2. The molecule has 2 aromatic rings. The molecule has 0 aliphatic heterocycles. The highest BCUT2D eigenvalue weighted by Gasteiger charge is 2.75. The van der Waals surface area contributed by atoms with Gasteiger partial charge in [-0.25, -0.2) is 8.42 Å². The average Bonchev–Trinajstić information content (AvgIpc) is 3.75. The van der Waals surface area contributed by atoms with Crippen LogP contribution in [0.4, 0.5) is 0 Å². The fourth-order valence-corrected chi connectivity index (χ4v) is 18.0. The molecular weight excluding hydrogens is 687 g/mol. The summed E-state index contributed by atoms with van der Waals surface area (Å²) in [6, 6.07) is 13.2. The van der Waals surface area contributed by atoms with E-state index in [1.165, 1.54) is 30.6 Å². The van der Waals surface area contributed by atoms with Gasteiger partial charge in [-0.1, -0.05) is 68.5 Å². The summed E-state index contributed by atoms with van der Waals surface area (Å²) in [6.07, 6.45) is 19.0. The Labute approximate surface area is 313 Å². The summed E-state index contributed by atoms with van der Waals surface area (Å²) >= 11 is 1.28. The summed E-state index contributed by atoms with van der Waals surface area (Å²) in [6.45, 7) is 5.24. The number of sulfonamides is 1. The van der Waals surface area contributed by atoms with Crippen molar-refractivity contribution in [3.05, 3.63) is 77.2 Å². The number of allylic oxidation sites excluding steroid dienone is 4. The highest BCUT2D eigenvalue weighted by atomic mass is 32.2. The first-order chi connectivity index (χ1) is 24.7. The van der Waals surface area contributed by atoms with Crippen molar-refractivity contribution in [1.82, 2.24) is 4.31 Å². The number of carbonyl (C=O) groups is 1. The average molecular weight is 742 g/mol. The lowest BCUT2D eigenvalue weighted by Gasteiger charge is -2.71. The number of benzene rings is 1. The molecule has 1 aromatic heterocycles. The van der Waals surface area contributed by atoms with Crippen LogP contribution in [0.2, 0.25) is 0 Å². The molecular formula is C44H55NO5S2. The molecule has 8 atom stereocenters. The Hall–Kier alpha value is -2.10. The molecule has 8 unspecified atom stereocenters. The van der Waals surface area contributed by atoms with E-state index >= 15 is 0 Å². The molecule has 12 rings (SSSR count). The van der Waals surface area contributed by atoms with Crippen molar-refractivity contribution in [3.8, 4) is 0 Å². The van der Waals surface area contributed by atoms with Gasteiger partial charge in [0.2, 0.25) is 0 Å². The SMILES string of the molecule is CC12CCC(O)CC13C=CC1(C(C(=O)c4ccccc4)=C3)C2CCC2(C)C1CCC2(O)CN(CC12CC3CC(CC(C3)C1)C2)S(=O)(=O)c1cccs1. The molecule has 0 amide bonds. The number of Topliss-reactive ketones (excluding diaryl/α,β-unsaturated/α-hetero) is 1. The van der Waals surface area contributed by atoms with Crippen LogP contribution < -0.4 is 0 Å². The maximum absolute atomic E-state index is 14.8. The van der Waals surface area contributed by atoms with Crippen LogP contribution in [0.15, 0.2) is 75.9 Å². The number of carbonyl (C=O) groups excluding carboxylic acids is 1. The summed E-state index contributed by atoms with van der Waals surface area (Å²) in [5.74, 6) is 2.34. The van der Waals surface area contributed by atoms with Crippen molar-refractivity contribution in [2.75, 3.05) is 13.1 Å². The minimum atomic E-state index is -3.83. The smallest absolute Gasteiger partial charge is 0.252 e. The lowest BCUT2D eigenvalue weighted by molar-refractivity contribution is -0.175. The minimum Gasteiger partial charge on any atom is -0.393 e. The van der Waals surface area contributed by atoms with E-state index in [1.54, 1.807) is 10.4 Å². The third-order valence-electron chi connectivity index (χ3n) is 17.2. The van der Waals surface area contributed by atoms with Crippen molar-refractivity contribution in [2.45, 2.75) is 113 Å². The second-order valence-corrected chi connectivity index (χ2v) is 22.7. The van der Waals surface area contributed by atoms with Crippen molar-refractivity contribution in [2.24, 2.45) is 56.7 Å².